The van der Waals surface area contributed by atoms with Crippen molar-refractivity contribution in [2.75, 3.05) is 13.7 Å². The molecule has 1 aromatic rings. The van der Waals surface area contributed by atoms with Crippen LogP contribution in [-0.4, -0.2) is 30.3 Å². The minimum atomic E-state index is -0.595. The number of alkyl carbamates (subject to hydrolysis) is 1. The van der Waals surface area contributed by atoms with Gasteiger partial charge in [0.1, 0.15) is 16.9 Å². The number of nitro groups is 1. The van der Waals surface area contributed by atoms with Crippen molar-refractivity contribution in [2.24, 2.45) is 0 Å². The summed E-state index contributed by atoms with van der Waals surface area (Å²) in [7, 11) is 1.46. The summed E-state index contributed by atoms with van der Waals surface area (Å²) in [6.45, 7) is 5.26. The van der Waals surface area contributed by atoms with E-state index in [0.717, 1.165) is 0 Å². The second-order valence-corrected chi connectivity index (χ2v) is 5.30. The lowest BCUT2D eigenvalue weighted by molar-refractivity contribution is -0.385. The summed E-state index contributed by atoms with van der Waals surface area (Å²) in [5.41, 5.74) is -0.496. The normalized spacial score (nSPS) is 10.2. The van der Waals surface area contributed by atoms with Crippen LogP contribution in [0.15, 0.2) is 18.2 Å². The van der Waals surface area contributed by atoms with E-state index in [9.17, 15) is 14.9 Å². The molecule has 0 saturated carbocycles. The molecule has 0 spiro atoms. The number of rotatable bonds is 3. The molecule has 7 nitrogen and oxygen atoms in total. The number of benzene rings is 1. The molecule has 0 heterocycles. The van der Waals surface area contributed by atoms with Crippen LogP contribution in [0, 0.1) is 22.0 Å². The van der Waals surface area contributed by atoms with E-state index in [-0.39, 0.29) is 17.8 Å². The van der Waals surface area contributed by atoms with Gasteiger partial charge in [-0.1, -0.05) is 11.8 Å². The predicted octanol–water partition coefficient (Wildman–Crippen LogP) is 2.48. The summed E-state index contributed by atoms with van der Waals surface area (Å²) in [5, 5.41) is 13.4. The number of carbonyl (C=O) groups excluding carboxylic acids is 1. The zero-order valence-corrected chi connectivity index (χ0v) is 12.9. The highest BCUT2D eigenvalue weighted by atomic mass is 16.6. The third-order valence-corrected chi connectivity index (χ3v) is 2.34. The second-order valence-electron chi connectivity index (χ2n) is 5.30. The molecular formula is C15H18N2O5. The molecule has 0 fully saturated rings. The Morgan fingerprint density at radius 3 is 2.64 bits per heavy atom. The maximum absolute atomic E-state index is 11.4. The minimum absolute atomic E-state index is 0.0171. The number of nitrogens with one attached hydrogen (secondary N) is 1. The molecule has 0 saturated heterocycles. The summed E-state index contributed by atoms with van der Waals surface area (Å²) in [6.07, 6.45) is -0.595. The van der Waals surface area contributed by atoms with Crippen LogP contribution in [0.3, 0.4) is 0 Å². The Balaban J connectivity index is 2.75. The van der Waals surface area contributed by atoms with Gasteiger partial charge in [-0.2, -0.15) is 0 Å². The van der Waals surface area contributed by atoms with Gasteiger partial charge in [0, 0.05) is 12.1 Å². The van der Waals surface area contributed by atoms with Gasteiger partial charge in [-0.3, -0.25) is 10.1 Å². The lowest BCUT2D eigenvalue weighted by atomic mass is 10.1. The first kappa shape index (κ1) is 17.3. The Hall–Kier alpha value is -2.75. The van der Waals surface area contributed by atoms with Crippen LogP contribution in [0.5, 0.6) is 5.75 Å². The van der Waals surface area contributed by atoms with Crippen LogP contribution in [0.2, 0.25) is 0 Å². The maximum Gasteiger partial charge on any atom is 0.408 e. The largest absolute Gasteiger partial charge is 0.497 e. The summed E-state index contributed by atoms with van der Waals surface area (Å²) in [4.78, 5) is 21.8. The van der Waals surface area contributed by atoms with E-state index in [1.54, 1.807) is 20.8 Å². The molecule has 0 radical (unpaired) electrons. The number of nitro benzene ring substituents is 1. The Kier molecular flexibility index (Phi) is 5.75. The fourth-order valence-electron chi connectivity index (χ4n) is 1.47. The van der Waals surface area contributed by atoms with Crippen molar-refractivity contribution < 1.29 is 19.2 Å². The number of methoxy groups -OCH3 is 1. The van der Waals surface area contributed by atoms with Crippen LogP contribution in [0.1, 0.15) is 26.3 Å². The van der Waals surface area contributed by atoms with Crippen molar-refractivity contribution in [1.82, 2.24) is 5.32 Å². The third kappa shape index (κ3) is 5.71. The number of amides is 1. The first-order chi connectivity index (χ1) is 10.2. The van der Waals surface area contributed by atoms with E-state index >= 15 is 0 Å². The van der Waals surface area contributed by atoms with E-state index in [1.165, 1.54) is 25.3 Å². The zero-order valence-electron chi connectivity index (χ0n) is 12.9. The molecule has 0 aliphatic heterocycles. The Morgan fingerprint density at radius 2 is 2.09 bits per heavy atom. The molecule has 118 valence electrons. The number of hydrogen-bond acceptors (Lipinski definition) is 5. The highest BCUT2D eigenvalue weighted by Crippen LogP contribution is 2.22. The van der Waals surface area contributed by atoms with Crippen molar-refractivity contribution in [3.05, 3.63) is 33.9 Å². The van der Waals surface area contributed by atoms with Crippen LogP contribution in [-0.2, 0) is 4.74 Å². The number of carbonyl (C=O) groups is 1. The third-order valence-electron chi connectivity index (χ3n) is 2.34. The molecule has 0 unspecified atom stereocenters. The van der Waals surface area contributed by atoms with Gasteiger partial charge in [0.05, 0.1) is 18.6 Å². The molecule has 1 rings (SSSR count). The van der Waals surface area contributed by atoms with E-state index in [4.69, 9.17) is 9.47 Å². The molecule has 0 atom stereocenters. The van der Waals surface area contributed by atoms with Gasteiger partial charge in [0.25, 0.3) is 5.69 Å². The van der Waals surface area contributed by atoms with E-state index < -0.39 is 16.6 Å². The fourth-order valence-corrected chi connectivity index (χ4v) is 1.47. The van der Waals surface area contributed by atoms with Gasteiger partial charge in [-0.05, 0) is 26.8 Å². The van der Waals surface area contributed by atoms with Gasteiger partial charge in [0.15, 0.2) is 0 Å². The maximum atomic E-state index is 11.4. The first-order valence-corrected chi connectivity index (χ1v) is 6.51. The molecule has 22 heavy (non-hydrogen) atoms. The second kappa shape index (κ2) is 7.31. The van der Waals surface area contributed by atoms with Crippen molar-refractivity contribution in [1.29, 1.82) is 0 Å². The highest BCUT2D eigenvalue weighted by molar-refractivity contribution is 5.68. The molecule has 0 aromatic heterocycles. The molecule has 1 amide bonds. The average molecular weight is 306 g/mol. The van der Waals surface area contributed by atoms with Gasteiger partial charge in [-0.25, -0.2) is 4.79 Å². The van der Waals surface area contributed by atoms with Gasteiger partial charge in [0.2, 0.25) is 0 Å². The lowest BCUT2D eigenvalue weighted by Crippen LogP contribution is -2.32. The number of ether oxygens (including phenoxy) is 2. The number of nitrogens with zero attached hydrogens (tertiary/aromatic N) is 1. The molecule has 0 aliphatic rings. The van der Waals surface area contributed by atoms with Crippen molar-refractivity contribution >= 4 is 11.8 Å². The van der Waals surface area contributed by atoms with Crippen LogP contribution in [0.25, 0.3) is 0 Å². The van der Waals surface area contributed by atoms with Crippen molar-refractivity contribution in [3.63, 3.8) is 0 Å². The van der Waals surface area contributed by atoms with Gasteiger partial charge >= 0.3 is 6.09 Å². The monoisotopic (exact) mass is 306 g/mol. The van der Waals surface area contributed by atoms with Gasteiger partial charge < -0.3 is 14.8 Å². The van der Waals surface area contributed by atoms with E-state index in [1.807, 2.05) is 0 Å². The summed E-state index contributed by atoms with van der Waals surface area (Å²) in [5.74, 6) is 5.76. The smallest absolute Gasteiger partial charge is 0.408 e. The summed E-state index contributed by atoms with van der Waals surface area (Å²) < 4.78 is 10.1. The molecular weight excluding hydrogens is 288 g/mol. The van der Waals surface area contributed by atoms with Crippen LogP contribution < -0.4 is 10.1 Å². The SMILES string of the molecule is COc1ccc([N+](=O)[O-])c(C#CCNC(=O)OC(C)(C)C)c1. The summed E-state index contributed by atoms with van der Waals surface area (Å²) >= 11 is 0. The predicted molar refractivity (Wildman–Crippen MR) is 80.8 cm³/mol. The Morgan fingerprint density at radius 1 is 1.41 bits per heavy atom. The average Bonchev–Trinajstić information content (AvgIpc) is 2.41. The Labute approximate surface area is 128 Å². The molecule has 1 aromatic carbocycles. The fraction of sp³-hybridized carbons (Fsp3) is 0.400. The van der Waals surface area contributed by atoms with E-state index in [0.29, 0.717) is 5.75 Å². The topological polar surface area (TPSA) is 90.7 Å². The Bertz CT molecular complexity index is 623. The highest BCUT2D eigenvalue weighted by Gasteiger charge is 2.15. The quantitative estimate of drug-likeness (QED) is 0.526. The molecule has 0 bridgehead atoms. The van der Waals surface area contributed by atoms with Crippen LogP contribution >= 0.6 is 0 Å². The lowest BCUT2D eigenvalue weighted by Gasteiger charge is -2.18. The zero-order chi connectivity index (χ0) is 16.8. The molecule has 1 N–H and O–H groups in total. The summed E-state index contributed by atoms with van der Waals surface area (Å²) in [6, 6.07) is 4.28. The molecule has 0 aliphatic carbocycles. The van der Waals surface area contributed by atoms with Crippen LogP contribution in [0.4, 0.5) is 10.5 Å². The number of hydrogen-bond donors (Lipinski definition) is 1. The first-order valence-electron chi connectivity index (χ1n) is 6.51. The standard InChI is InChI=1S/C15H18N2O5/c1-15(2,3)22-14(18)16-9-5-6-11-10-12(21-4)7-8-13(11)17(19)20/h7-8,10H,9H2,1-4H3,(H,16,18). The van der Waals surface area contributed by atoms with Gasteiger partial charge in [-0.15, -0.1) is 0 Å². The van der Waals surface area contributed by atoms with Crippen molar-refractivity contribution in [3.8, 4) is 17.6 Å². The molecule has 7 heteroatoms. The minimum Gasteiger partial charge on any atom is -0.497 e. The van der Waals surface area contributed by atoms with E-state index in [2.05, 4.69) is 17.2 Å². The van der Waals surface area contributed by atoms with Crippen molar-refractivity contribution in [2.45, 2.75) is 26.4 Å².